The number of rotatable bonds is 4. The molecule has 1 fully saturated rings. The predicted octanol–water partition coefficient (Wildman–Crippen LogP) is 4.19. The molecule has 1 aliphatic heterocycles. The highest BCUT2D eigenvalue weighted by atomic mass is 35.5. The Kier molecular flexibility index (Phi) is 5.07. The lowest BCUT2D eigenvalue weighted by Gasteiger charge is -2.24. The van der Waals surface area contributed by atoms with E-state index in [1.54, 1.807) is 0 Å². The van der Waals surface area contributed by atoms with Gasteiger partial charge in [-0.25, -0.2) is 0 Å². The third-order valence-corrected chi connectivity index (χ3v) is 3.30. The Morgan fingerprint density at radius 3 is 2.53 bits per heavy atom. The van der Waals surface area contributed by atoms with Crippen molar-refractivity contribution in [1.29, 1.82) is 0 Å². The number of nitrogens with one attached hydrogen (secondary N) is 1. The van der Waals surface area contributed by atoms with E-state index in [-0.39, 0.29) is 21.8 Å². The van der Waals surface area contributed by atoms with Crippen molar-refractivity contribution in [1.82, 2.24) is 0 Å². The van der Waals surface area contributed by atoms with Gasteiger partial charge >= 0.3 is 6.61 Å². The first-order valence-electron chi connectivity index (χ1n) is 5.84. The van der Waals surface area contributed by atoms with E-state index in [0.29, 0.717) is 12.3 Å². The summed E-state index contributed by atoms with van der Waals surface area (Å²) in [5, 5.41) is 3.30. The quantitative estimate of drug-likeness (QED) is 0.904. The zero-order valence-electron chi connectivity index (χ0n) is 9.97. The fourth-order valence-corrected chi connectivity index (χ4v) is 2.51. The van der Waals surface area contributed by atoms with Gasteiger partial charge in [0.25, 0.3) is 0 Å². The molecule has 0 bridgehead atoms. The zero-order valence-corrected chi connectivity index (χ0v) is 11.5. The van der Waals surface area contributed by atoms with Crippen LogP contribution in [0.15, 0.2) is 12.1 Å². The Balaban J connectivity index is 2.10. The molecule has 1 saturated heterocycles. The van der Waals surface area contributed by atoms with Crippen LogP contribution in [0, 0.1) is 0 Å². The predicted molar refractivity (Wildman–Crippen MR) is 70.6 cm³/mol. The van der Waals surface area contributed by atoms with E-state index in [9.17, 15) is 8.78 Å². The molecule has 2 rings (SSSR count). The number of halogens is 4. The Morgan fingerprint density at radius 2 is 2.00 bits per heavy atom. The molecule has 0 aromatic heterocycles. The molecule has 7 heteroatoms. The van der Waals surface area contributed by atoms with Crippen molar-refractivity contribution in [2.75, 3.05) is 18.5 Å². The van der Waals surface area contributed by atoms with E-state index >= 15 is 0 Å². The molecule has 106 valence electrons. The first-order chi connectivity index (χ1) is 9.06. The number of ether oxygens (including phenoxy) is 2. The number of hydrogen-bond acceptors (Lipinski definition) is 3. The Bertz CT molecular complexity index is 417. The summed E-state index contributed by atoms with van der Waals surface area (Å²) in [6.45, 7) is -1.59. The monoisotopic (exact) mass is 311 g/mol. The Morgan fingerprint density at radius 1 is 1.32 bits per heavy atom. The molecular formula is C12H13Cl2F2NO2. The third kappa shape index (κ3) is 4.09. The van der Waals surface area contributed by atoms with Crippen LogP contribution in [0.25, 0.3) is 0 Å². The summed E-state index contributed by atoms with van der Waals surface area (Å²) in [5.74, 6) is -0.205. The molecular weight excluding hydrogens is 299 g/mol. The van der Waals surface area contributed by atoms with Gasteiger partial charge in [0.05, 0.1) is 16.7 Å². The summed E-state index contributed by atoms with van der Waals surface area (Å²) in [7, 11) is 0. The van der Waals surface area contributed by atoms with Crippen LogP contribution >= 0.6 is 23.2 Å². The highest BCUT2D eigenvalue weighted by Crippen LogP contribution is 2.37. The highest BCUT2D eigenvalue weighted by molar-refractivity contribution is 6.37. The van der Waals surface area contributed by atoms with E-state index in [0.717, 1.165) is 19.4 Å². The lowest BCUT2D eigenvalue weighted by molar-refractivity contribution is -0.0497. The van der Waals surface area contributed by atoms with Crippen molar-refractivity contribution >= 4 is 28.9 Å². The fraction of sp³-hybridized carbons (Fsp3) is 0.500. The second-order valence-electron chi connectivity index (χ2n) is 4.21. The largest absolute Gasteiger partial charge is 0.432 e. The number of alkyl halides is 2. The molecule has 0 saturated carbocycles. The number of hydrogen-bond donors (Lipinski definition) is 1. The lowest BCUT2D eigenvalue weighted by atomic mass is 10.1. The van der Waals surface area contributed by atoms with Crippen molar-refractivity contribution in [3.63, 3.8) is 0 Å². The van der Waals surface area contributed by atoms with Gasteiger partial charge < -0.3 is 14.8 Å². The summed E-state index contributed by atoms with van der Waals surface area (Å²) in [6.07, 6.45) is 1.95. The van der Waals surface area contributed by atoms with Crippen molar-refractivity contribution in [3.8, 4) is 5.75 Å². The minimum Gasteiger partial charge on any atom is -0.432 e. The van der Waals surface area contributed by atoms with E-state index in [2.05, 4.69) is 10.1 Å². The van der Waals surface area contributed by atoms with Crippen LogP contribution in [0.5, 0.6) is 5.75 Å². The van der Waals surface area contributed by atoms with Gasteiger partial charge in [-0.3, -0.25) is 0 Å². The van der Waals surface area contributed by atoms with Crippen molar-refractivity contribution < 1.29 is 18.3 Å². The zero-order chi connectivity index (χ0) is 13.8. The van der Waals surface area contributed by atoms with Crippen LogP contribution in [0.2, 0.25) is 10.0 Å². The summed E-state index contributed by atoms with van der Waals surface area (Å²) >= 11 is 11.8. The topological polar surface area (TPSA) is 30.5 Å². The van der Waals surface area contributed by atoms with Crippen LogP contribution in [0.4, 0.5) is 14.5 Å². The maximum absolute atomic E-state index is 12.2. The van der Waals surface area contributed by atoms with Gasteiger partial charge in [0.15, 0.2) is 5.75 Å². The minimum absolute atomic E-state index is 0.0482. The van der Waals surface area contributed by atoms with Crippen LogP contribution < -0.4 is 10.1 Å². The fourth-order valence-electron chi connectivity index (χ4n) is 1.94. The molecule has 3 nitrogen and oxygen atoms in total. The number of anilines is 1. The van der Waals surface area contributed by atoms with Gasteiger partial charge in [-0.2, -0.15) is 8.78 Å². The van der Waals surface area contributed by atoms with E-state index < -0.39 is 6.61 Å². The molecule has 0 amide bonds. The highest BCUT2D eigenvalue weighted by Gasteiger charge is 2.17. The molecule has 1 heterocycles. The standard InChI is InChI=1S/C12H13Cl2F2NO2/c13-9-4-8(17-7-2-1-3-18-6-7)5-10(14)11(9)19-12(15)16/h4-5,7,12,17H,1-3,6H2. The second kappa shape index (κ2) is 6.59. The van der Waals surface area contributed by atoms with Crippen LogP contribution in [-0.4, -0.2) is 25.9 Å². The maximum atomic E-state index is 12.2. The molecule has 1 aromatic carbocycles. The SMILES string of the molecule is FC(F)Oc1c(Cl)cc(NC2CCCOC2)cc1Cl. The smallest absolute Gasteiger partial charge is 0.387 e. The van der Waals surface area contributed by atoms with Gasteiger partial charge in [-0.15, -0.1) is 0 Å². The van der Waals surface area contributed by atoms with Gasteiger partial charge in [0.1, 0.15) is 0 Å². The molecule has 1 N–H and O–H groups in total. The van der Waals surface area contributed by atoms with Crippen molar-refractivity contribution in [2.24, 2.45) is 0 Å². The molecule has 1 atom stereocenters. The molecule has 0 aliphatic carbocycles. The van der Waals surface area contributed by atoms with E-state index in [1.165, 1.54) is 12.1 Å². The normalized spacial score (nSPS) is 19.5. The lowest BCUT2D eigenvalue weighted by Crippen LogP contribution is -2.29. The molecule has 1 unspecified atom stereocenters. The van der Waals surface area contributed by atoms with Gasteiger partial charge in [0, 0.05) is 18.3 Å². The van der Waals surface area contributed by atoms with Crippen molar-refractivity contribution in [3.05, 3.63) is 22.2 Å². The van der Waals surface area contributed by atoms with Crippen LogP contribution in [-0.2, 0) is 4.74 Å². The summed E-state index contributed by atoms with van der Waals surface area (Å²) < 4.78 is 34.0. The van der Waals surface area contributed by atoms with Crippen LogP contribution in [0.3, 0.4) is 0 Å². The van der Waals surface area contributed by atoms with Crippen molar-refractivity contribution in [2.45, 2.75) is 25.5 Å². The molecule has 0 spiro atoms. The van der Waals surface area contributed by atoms with E-state index in [1.807, 2.05) is 0 Å². The second-order valence-corrected chi connectivity index (χ2v) is 5.02. The van der Waals surface area contributed by atoms with E-state index in [4.69, 9.17) is 27.9 Å². The van der Waals surface area contributed by atoms with Crippen LogP contribution in [0.1, 0.15) is 12.8 Å². The molecule has 19 heavy (non-hydrogen) atoms. The summed E-state index contributed by atoms with van der Waals surface area (Å²) in [6, 6.07) is 3.20. The third-order valence-electron chi connectivity index (χ3n) is 2.74. The van der Waals surface area contributed by atoms with Gasteiger partial charge in [-0.1, -0.05) is 23.2 Å². The molecule has 1 aromatic rings. The first-order valence-corrected chi connectivity index (χ1v) is 6.60. The summed E-state index contributed by atoms with van der Waals surface area (Å²) in [5.41, 5.74) is 0.659. The van der Waals surface area contributed by atoms with Gasteiger partial charge in [0.2, 0.25) is 0 Å². The number of benzene rings is 1. The average molecular weight is 312 g/mol. The molecule has 0 radical (unpaired) electrons. The average Bonchev–Trinajstić information content (AvgIpc) is 2.35. The molecule has 1 aliphatic rings. The maximum Gasteiger partial charge on any atom is 0.387 e. The Labute approximate surface area is 119 Å². The Hall–Kier alpha value is -0.780. The first kappa shape index (κ1) is 14.6. The van der Waals surface area contributed by atoms with Gasteiger partial charge in [-0.05, 0) is 25.0 Å². The minimum atomic E-state index is -2.96. The summed E-state index contributed by atoms with van der Waals surface area (Å²) in [4.78, 5) is 0.